The Kier molecular flexibility index (Phi) is 4.54. The Bertz CT molecular complexity index is 264. The number of nitrogens with one attached hydrogen (secondary N) is 1. The maximum absolute atomic E-state index is 11.5. The third-order valence-electron chi connectivity index (χ3n) is 2.56. The van der Waals surface area contributed by atoms with Crippen LogP contribution in [0.4, 0.5) is 4.79 Å². The van der Waals surface area contributed by atoms with Crippen LogP contribution >= 0.6 is 0 Å². The number of carbonyl (C=O) groups excluding carboxylic acids is 1. The molecule has 0 bridgehead atoms. The number of carboxylic acid groups (broad SMARTS) is 1. The molecule has 0 aliphatic carbocycles. The van der Waals surface area contributed by atoms with E-state index in [1.807, 2.05) is 0 Å². The highest BCUT2D eigenvalue weighted by Gasteiger charge is 2.22. The van der Waals surface area contributed by atoms with Crippen LogP contribution in [0.3, 0.4) is 0 Å². The number of likely N-dealkylation sites (N-methyl/N-ethyl adjacent to an activating group) is 1. The number of carbonyl (C=O) groups is 2. The third kappa shape index (κ3) is 3.69. The number of nitrogens with zero attached hydrogens (tertiary/aromatic N) is 1. The van der Waals surface area contributed by atoms with Gasteiger partial charge in [-0.3, -0.25) is 4.79 Å². The number of hydrogen-bond donors (Lipinski definition) is 2. The minimum absolute atomic E-state index is 0.0795. The van der Waals surface area contributed by atoms with Crippen LogP contribution in [0.1, 0.15) is 19.8 Å². The van der Waals surface area contributed by atoms with E-state index in [2.05, 4.69) is 5.32 Å². The molecule has 92 valence electrons. The van der Waals surface area contributed by atoms with Crippen molar-refractivity contribution in [3.05, 3.63) is 0 Å². The smallest absolute Gasteiger partial charge is 0.325 e. The molecule has 16 heavy (non-hydrogen) atoms. The van der Waals surface area contributed by atoms with Gasteiger partial charge < -0.3 is 20.1 Å². The number of urea groups is 1. The van der Waals surface area contributed by atoms with Crippen molar-refractivity contribution in [1.82, 2.24) is 10.2 Å². The van der Waals surface area contributed by atoms with E-state index < -0.39 is 12.0 Å². The Morgan fingerprint density at radius 3 is 2.81 bits per heavy atom. The number of amides is 2. The molecule has 1 rings (SSSR count). The zero-order valence-corrected chi connectivity index (χ0v) is 9.60. The molecule has 2 amide bonds. The SMILES string of the molecule is C[C@@H](NC(=O)N(C)CC1CCCO1)C(=O)O. The number of ether oxygens (including phenoxy) is 1. The molecule has 6 nitrogen and oxygen atoms in total. The zero-order chi connectivity index (χ0) is 12.1. The minimum atomic E-state index is -1.04. The van der Waals surface area contributed by atoms with Gasteiger partial charge in [0.25, 0.3) is 0 Å². The van der Waals surface area contributed by atoms with E-state index in [0.717, 1.165) is 19.4 Å². The van der Waals surface area contributed by atoms with Crippen LogP contribution in [0.5, 0.6) is 0 Å². The van der Waals surface area contributed by atoms with Crippen molar-refractivity contribution >= 4 is 12.0 Å². The average molecular weight is 230 g/mol. The molecule has 0 saturated carbocycles. The molecule has 0 aromatic rings. The summed E-state index contributed by atoms with van der Waals surface area (Å²) in [5, 5.41) is 11.0. The molecule has 2 atom stereocenters. The second kappa shape index (κ2) is 5.69. The first-order valence-corrected chi connectivity index (χ1v) is 5.36. The molecule has 1 unspecified atom stereocenters. The van der Waals surface area contributed by atoms with E-state index in [1.165, 1.54) is 11.8 Å². The Morgan fingerprint density at radius 2 is 2.31 bits per heavy atom. The zero-order valence-electron chi connectivity index (χ0n) is 9.60. The molecule has 1 heterocycles. The van der Waals surface area contributed by atoms with Crippen LogP contribution < -0.4 is 5.32 Å². The summed E-state index contributed by atoms with van der Waals surface area (Å²) in [5.41, 5.74) is 0. The van der Waals surface area contributed by atoms with Crippen LogP contribution in [0.25, 0.3) is 0 Å². The van der Waals surface area contributed by atoms with E-state index in [0.29, 0.717) is 6.54 Å². The maximum atomic E-state index is 11.5. The van der Waals surface area contributed by atoms with Crippen molar-refractivity contribution in [2.45, 2.75) is 31.9 Å². The van der Waals surface area contributed by atoms with E-state index in [1.54, 1.807) is 7.05 Å². The van der Waals surface area contributed by atoms with E-state index >= 15 is 0 Å². The van der Waals surface area contributed by atoms with Gasteiger partial charge in [0.2, 0.25) is 0 Å². The number of rotatable bonds is 4. The fraction of sp³-hybridized carbons (Fsp3) is 0.800. The first kappa shape index (κ1) is 12.8. The molecular formula is C10H18N2O4. The van der Waals surface area contributed by atoms with Crippen LogP contribution in [0.2, 0.25) is 0 Å². The van der Waals surface area contributed by atoms with Gasteiger partial charge in [0, 0.05) is 20.2 Å². The van der Waals surface area contributed by atoms with Crippen LogP contribution in [-0.2, 0) is 9.53 Å². The molecule has 0 aromatic heterocycles. The molecule has 0 aromatic carbocycles. The Labute approximate surface area is 94.6 Å². The second-order valence-electron chi connectivity index (χ2n) is 4.02. The van der Waals surface area contributed by atoms with Gasteiger partial charge in [-0.25, -0.2) is 4.79 Å². The normalized spacial score (nSPS) is 21.5. The summed E-state index contributed by atoms with van der Waals surface area (Å²) in [5.74, 6) is -1.04. The Hall–Kier alpha value is -1.30. The summed E-state index contributed by atoms with van der Waals surface area (Å²) in [4.78, 5) is 23.5. The lowest BCUT2D eigenvalue weighted by atomic mass is 10.2. The highest BCUT2D eigenvalue weighted by Crippen LogP contribution is 2.12. The van der Waals surface area contributed by atoms with E-state index in [9.17, 15) is 9.59 Å². The van der Waals surface area contributed by atoms with Gasteiger partial charge in [0.15, 0.2) is 0 Å². The van der Waals surface area contributed by atoms with Gasteiger partial charge in [-0.05, 0) is 19.8 Å². The van der Waals surface area contributed by atoms with Crippen molar-refractivity contribution in [3.8, 4) is 0 Å². The van der Waals surface area contributed by atoms with Crippen molar-refractivity contribution in [2.24, 2.45) is 0 Å². The number of carboxylic acids is 1. The molecule has 1 aliphatic rings. The Morgan fingerprint density at radius 1 is 1.62 bits per heavy atom. The highest BCUT2D eigenvalue weighted by atomic mass is 16.5. The summed E-state index contributed by atoms with van der Waals surface area (Å²) >= 11 is 0. The summed E-state index contributed by atoms with van der Waals surface area (Å²) in [6.07, 6.45) is 2.05. The van der Waals surface area contributed by atoms with Gasteiger partial charge in [0.05, 0.1) is 6.10 Å². The summed E-state index contributed by atoms with van der Waals surface area (Å²) in [6, 6.07) is -1.26. The van der Waals surface area contributed by atoms with Crippen LogP contribution in [0, 0.1) is 0 Å². The molecule has 2 N–H and O–H groups in total. The van der Waals surface area contributed by atoms with E-state index in [-0.39, 0.29) is 12.1 Å². The second-order valence-corrected chi connectivity index (χ2v) is 4.02. The largest absolute Gasteiger partial charge is 0.480 e. The van der Waals surface area contributed by atoms with E-state index in [4.69, 9.17) is 9.84 Å². The third-order valence-corrected chi connectivity index (χ3v) is 2.56. The summed E-state index contributed by atoms with van der Waals surface area (Å²) in [6.45, 7) is 2.67. The van der Waals surface area contributed by atoms with Crippen LogP contribution in [-0.4, -0.2) is 54.4 Å². The Balaban J connectivity index is 2.32. The standard InChI is InChI=1S/C10H18N2O4/c1-7(9(13)14)11-10(15)12(2)6-8-4-3-5-16-8/h7-8H,3-6H2,1-2H3,(H,11,15)(H,13,14)/t7-,8?/m1/s1. The monoisotopic (exact) mass is 230 g/mol. The maximum Gasteiger partial charge on any atom is 0.325 e. The van der Waals surface area contributed by atoms with Crippen molar-refractivity contribution in [2.75, 3.05) is 20.2 Å². The summed E-state index contributed by atoms with van der Waals surface area (Å²) < 4.78 is 5.39. The molecular weight excluding hydrogens is 212 g/mol. The van der Waals surface area contributed by atoms with Gasteiger partial charge in [-0.15, -0.1) is 0 Å². The number of aliphatic carboxylic acids is 1. The fourth-order valence-electron chi connectivity index (χ4n) is 1.53. The molecule has 0 spiro atoms. The van der Waals surface area contributed by atoms with Gasteiger partial charge in [-0.1, -0.05) is 0 Å². The van der Waals surface area contributed by atoms with Crippen molar-refractivity contribution < 1.29 is 19.4 Å². The average Bonchev–Trinajstić information content (AvgIpc) is 2.69. The highest BCUT2D eigenvalue weighted by molar-refractivity contribution is 5.82. The molecule has 0 radical (unpaired) electrons. The van der Waals surface area contributed by atoms with Gasteiger partial charge in [-0.2, -0.15) is 0 Å². The lowest BCUT2D eigenvalue weighted by Crippen LogP contribution is -2.47. The quantitative estimate of drug-likeness (QED) is 0.727. The van der Waals surface area contributed by atoms with Crippen LogP contribution in [0.15, 0.2) is 0 Å². The molecule has 6 heteroatoms. The van der Waals surface area contributed by atoms with Gasteiger partial charge >= 0.3 is 12.0 Å². The minimum Gasteiger partial charge on any atom is -0.480 e. The topological polar surface area (TPSA) is 78.9 Å². The first-order chi connectivity index (χ1) is 7.50. The van der Waals surface area contributed by atoms with Crippen molar-refractivity contribution in [3.63, 3.8) is 0 Å². The predicted octanol–water partition coefficient (Wildman–Crippen LogP) is 0.280. The lowest BCUT2D eigenvalue weighted by molar-refractivity contribution is -0.138. The first-order valence-electron chi connectivity index (χ1n) is 5.36. The van der Waals surface area contributed by atoms with Gasteiger partial charge in [0.1, 0.15) is 6.04 Å². The molecule has 1 fully saturated rings. The van der Waals surface area contributed by atoms with Crippen molar-refractivity contribution in [1.29, 1.82) is 0 Å². The fourth-order valence-corrected chi connectivity index (χ4v) is 1.53. The molecule has 1 aliphatic heterocycles. The summed E-state index contributed by atoms with van der Waals surface area (Å²) in [7, 11) is 1.63. The molecule has 1 saturated heterocycles. The lowest BCUT2D eigenvalue weighted by Gasteiger charge is -2.22. The predicted molar refractivity (Wildman–Crippen MR) is 57.2 cm³/mol. The number of hydrogen-bond acceptors (Lipinski definition) is 3.